The van der Waals surface area contributed by atoms with Gasteiger partial charge < -0.3 is 14.8 Å². The molecular formula is C11H21NO2. The summed E-state index contributed by atoms with van der Waals surface area (Å²) in [5.41, 5.74) is 1.11. The van der Waals surface area contributed by atoms with Crippen molar-refractivity contribution in [3.8, 4) is 0 Å². The average Bonchev–Trinajstić information content (AvgIpc) is 2.95. The third-order valence-corrected chi connectivity index (χ3v) is 2.19. The number of methoxy groups -OCH3 is 1. The summed E-state index contributed by atoms with van der Waals surface area (Å²) < 4.78 is 10.5. The summed E-state index contributed by atoms with van der Waals surface area (Å²) in [4.78, 5) is 0. The van der Waals surface area contributed by atoms with Crippen molar-refractivity contribution in [2.24, 2.45) is 0 Å². The monoisotopic (exact) mass is 199 g/mol. The maximum atomic E-state index is 5.53. The molecule has 3 heteroatoms. The summed E-state index contributed by atoms with van der Waals surface area (Å²) >= 11 is 0. The van der Waals surface area contributed by atoms with E-state index >= 15 is 0 Å². The molecule has 1 fully saturated rings. The van der Waals surface area contributed by atoms with Crippen LogP contribution in [0.1, 0.15) is 19.8 Å². The molecule has 0 aromatic heterocycles. The van der Waals surface area contributed by atoms with Crippen molar-refractivity contribution in [2.75, 3.05) is 26.9 Å². The fraction of sp³-hybridized carbons (Fsp3) is 0.818. The molecule has 0 aromatic rings. The average molecular weight is 199 g/mol. The third-order valence-electron chi connectivity index (χ3n) is 2.19. The van der Waals surface area contributed by atoms with Gasteiger partial charge in [0.05, 0.1) is 19.3 Å². The Balaban J connectivity index is 1.95. The largest absolute Gasteiger partial charge is 0.382 e. The second kappa shape index (κ2) is 6.17. The van der Waals surface area contributed by atoms with Crippen LogP contribution in [0.3, 0.4) is 0 Å². The van der Waals surface area contributed by atoms with Crippen LogP contribution in [-0.4, -0.2) is 39.0 Å². The van der Waals surface area contributed by atoms with Gasteiger partial charge in [-0.1, -0.05) is 6.58 Å². The van der Waals surface area contributed by atoms with Crippen molar-refractivity contribution in [2.45, 2.75) is 31.9 Å². The van der Waals surface area contributed by atoms with E-state index in [1.54, 1.807) is 7.11 Å². The summed E-state index contributed by atoms with van der Waals surface area (Å²) in [7, 11) is 1.68. The molecule has 0 bridgehead atoms. The maximum absolute atomic E-state index is 5.53. The Morgan fingerprint density at radius 2 is 2.29 bits per heavy atom. The van der Waals surface area contributed by atoms with Gasteiger partial charge in [0, 0.05) is 19.7 Å². The lowest BCUT2D eigenvalue weighted by atomic mass is 10.3. The van der Waals surface area contributed by atoms with E-state index in [1.807, 2.05) is 6.92 Å². The highest BCUT2D eigenvalue weighted by molar-refractivity contribution is 4.99. The van der Waals surface area contributed by atoms with E-state index in [9.17, 15) is 0 Å². The molecule has 0 heterocycles. The standard InChI is InChI=1S/C11H21NO2/c1-9(6-12-11-4-5-11)7-14-10(2)8-13-3/h10-12H,1,4-8H2,2-3H3. The molecule has 1 rings (SSSR count). The maximum Gasteiger partial charge on any atom is 0.0784 e. The zero-order chi connectivity index (χ0) is 10.4. The van der Waals surface area contributed by atoms with Gasteiger partial charge in [-0.15, -0.1) is 0 Å². The lowest BCUT2D eigenvalue weighted by Gasteiger charge is -2.13. The summed E-state index contributed by atoms with van der Waals surface area (Å²) in [6.07, 6.45) is 2.78. The first-order chi connectivity index (χ1) is 6.72. The molecular weight excluding hydrogens is 178 g/mol. The van der Waals surface area contributed by atoms with E-state index in [-0.39, 0.29) is 6.10 Å². The zero-order valence-corrected chi connectivity index (χ0v) is 9.21. The van der Waals surface area contributed by atoms with Gasteiger partial charge in [-0.3, -0.25) is 0 Å². The van der Waals surface area contributed by atoms with Crippen molar-refractivity contribution in [1.82, 2.24) is 5.32 Å². The number of ether oxygens (including phenoxy) is 2. The van der Waals surface area contributed by atoms with Crippen LogP contribution in [0.5, 0.6) is 0 Å². The summed E-state index contributed by atoms with van der Waals surface area (Å²) in [6.45, 7) is 8.11. The molecule has 1 aliphatic carbocycles. The van der Waals surface area contributed by atoms with Gasteiger partial charge in [-0.2, -0.15) is 0 Å². The highest BCUT2D eigenvalue weighted by Crippen LogP contribution is 2.18. The first-order valence-electron chi connectivity index (χ1n) is 5.23. The smallest absolute Gasteiger partial charge is 0.0784 e. The Morgan fingerprint density at radius 1 is 1.57 bits per heavy atom. The van der Waals surface area contributed by atoms with Gasteiger partial charge >= 0.3 is 0 Å². The van der Waals surface area contributed by atoms with Gasteiger partial charge in [0.1, 0.15) is 0 Å². The van der Waals surface area contributed by atoms with Crippen molar-refractivity contribution in [3.63, 3.8) is 0 Å². The molecule has 0 aromatic carbocycles. The topological polar surface area (TPSA) is 30.5 Å². The molecule has 1 unspecified atom stereocenters. The Kier molecular flexibility index (Phi) is 5.15. The molecule has 3 nitrogen and oxygen atoms in total. The molecule has 0 radical (unpaired) electrons. The third kappa shape index (κ3) is 5.37. The van der Waals surface area contributed by atoms with E-state index < -0.39 is 0 Å². The molecule has 1 atom stereocenters. The Hall–Kier alpha value is -0.380. The highest BCUT2D eigenvalue weighted by Gasteiger charge is 2.20. The predicted molar refractivity (Wildman–Crippen MR) is 57.5 cm³/mol. The second-order valence-corrected chi connectivity index (χ2v) is 3.98. The van der Waals surface area contributed by atoms with Gasteiger partial charge in [0.25, 0.3) is 0 Å². The van der Waals surface area contributed by atoms with Crippen LogP contribution in [0, 0.1) is 0 Å². The fourth-order valence-electron chi connectivity index (χ4n) is 1.17. The summed E-state index contributed by atoms with van der Waals surface area (Å²) in [6, 6.07) is 0.739. The minimum atomic E-state index is 0.151. The van der Waals surface area contributed by atoms with Gasteiger partial charge in [0.2, 0.25) is 0 Å². The van der Waals surface area contributed by atoms with E-state index in [2.05, 4.69) is 11.9 Å². The Labute approximate surface area is 86.5 Å². The second-order valence-electron chi connectivity index (χ2n) is 3.98. The number of rotatable bonds is 8. The van der Waals surface area contributed by atoms with Gasteiger partial charge in [-0.05, 0) is 25.3 Å². The minimum Gasteiger partial charge on any atom is -0.382 e. The van der Waals surface area contributed by atoms with Crippen LogP contribution in [0.15, 0.2) is 12.2 Å². The first-order valence-corrected chi connectivity index (χ1v) is 5.23. The molecule has 0 amide bonds. The van der Waals surface area contributed by atoms with Crippen LogP contribution >= 0.6 is 0 Å². The molecule has 1 aliphatic rings. The SMILES string of the molecule is C=C(CNC1CC1)COC(C)COC. The summed E-state index contributed by atoms with van der Waals surface area (Å²) in [5.74, 6) is 0. The molecule has 0 aliphatic heterocycles. The van der Waals surface area contributed by atoms with E-state index in [1.165, 1.54) is 12.8 Å². The Bertz CT molecular complexity index is 178. The van der Waals surface area contributed by atoms with E-state index in [0.29, 0.717) is 13.2 Å². The van der Waals surface area contributed by atoms with Crippen molar-refractivity contribution in [1.29, 1.82) is 0 Å². The quantitative estimate of drug-likeness (QED) is 0.598. The molecule has 14 heavy (non-hydrogen) atoms. The number of hydrogen-bond donors (Lipinski definition) is 1. The zero-order valence-electron chi connectivity index (χ0n) is 9.21. The van der Waals surface area contributed by atoms with Crippen LogP contribution in [0.4, 0.5) is 0 Å². The van der Waals surface area contributed by atoms with E-state index in [4.69, 9.17) is 9.47 Å². The van der Waals surface area contributed by atoms with Crippen LogP contribution in [0.25, 0.3) is 0 Å². The van der Waals surface area contributed by atoms with Gasteiger partial charge in [-0.25, -0.2) is 0 Å². The molecule has 1 saturated carbocycles. The van der Waals surface area contributed by atoms with Crippen molar-refractivity contribution >= 4 is 0 Å². The predicted octanol–water partition coefficient (Wildman–Crippen LogP) is 1.35. The Morgan fingerprint density at radius 3 is 2.86 bits per heavy atom. The van der Waals surface area contributed by atoms with Crippen molar-refractivity contribution in [3.05, 3.63) is 12.2 Å². The van der Waals surface area contributed by atoms with Gasteiger partial charge in [0.15, 0.2) is 0 Å². The highest BCUT2D eigenvalue weighted by atomic mass is 16.5. The minimum absolute atomic E-state index is 0.151. The van der Waals surface area contributed by atoms with E-state index in [0.717, 1.165) is 18.2 Å². The van der Waals surface area contributed by atoms with Crippen molar-refractivity contribution < 1.29 is 9.47 Å². The normalized spacial score (nSPS) is 18.1. The van der Waals surface area contributed by atoms with Crippen LogP contribution < -0.4 is 5.32 Å². The lowest BCUT2D eigenvalue weighted by molar-refractivity contribution is 0.0195. The molecule has 82 valence electrons. The van der Waals surface area contributed by atoms with Crippen LogP contribution in [-0.2, 0) is 9.47 Å². The number of hydrogen-bond acceptors (Lipinski definition) is 3. The molecule has 0 saturated heterocycles. The fourth-order valence-corrected chi connectivity index (χ4v) is 1.17. The molecule has 0 spiro atoms. The number of nitrogens with one attached hydrogen (secondary N) is 1. The first kappa shape index (κ1) is 11.7. The summed E-state index contributed by atoms with van der Waals surface area (Å²) in [5, 5.41) is 3.40. The lowest BCUT2D eigenvalue weighted by Crippen LogP contribution is -2.23. The molecule has 1 N–H and O–H groups in total. The van der Waals surface area contributed by atoms with Crippen LogP contribution in [0.2, 0.25) is 0 Å².